The molecule has 0 spiro atoms. The normalized spacial score (nSPS) is 10.5. The Hall–Kier alpha value is -1.53. The van der Waals surface area contributed by atoms with Crippen LogP contribution in [-0.2, 0) is 13.0 Å². The molecular weight excluding hydrogens is 314 g/mol. The van der Waals surface area contributed by atoms with Crippen LogP contribution in [0.4, 0.5) is 10.5 Å². The summed E-state index contributed by atoms with van der Waals surface area (Å²) in [6, 6.07) is 7.61. The minimum atomic E-state index is -0.192. The third-order valence-corrected chi connectivity index (χ3v) is 5.08. The Kier molecular flexibility index (Phi) is 6.27. The summed E-state index contributed by atoms with van der Waals surface area (Å²) in [7, 11) is 0. The van der Waals surface area contributed by atoms with E-state index in [-0.39, 0.29) is 6.03 Å². The van der Waals surface area contributed by atoms with Crippen LogP contribution in [0.5, 0.6) is 0 Å². The van der Waals surface area contributed by atoms with Crippen LogP contribution in [0, 0.1) is 6.92 Å². The molecule has 1 aromatic carbocycles. The molecule has 0 saturated carbocycles. The van der Waals surface area contributed by atoms with E-state index in [1.807, 2.05) is 37.4 Å². The molecule has 0 radical (unpaired) electrons. The summed E-state index contributed by atoms with van der Waals surface area (Å²) in [5, 5.41) is 6.90. The number of carbonyl (C=O) groups is 1. The molecule has 0 bridgehead atoms. The van der Waals surface area contributed by atoms with E-state index in [1.54, 1.807) is 23.1 Å². The second-order valence-corrected chi connectivity index (χ2v) is 6.95. The lowest BCUT2D eigenvalue weighted by Gasteiger charge is -2.08. The van der Waals surface area contributed by atoms with Gasteiger partial charge >= 0.3 is 6.03 Å². The van der Waals surface area contributed by atoms with Crippen molar-refractivity contribution in [3.05, 3.63) is 39.8 Å². The Morgan fingerprint density at radius 1 is 1.41 bits per heavy atom. The topological polar surface area (TPSA) is 54.0 Å². The van der Waals surface area contributed by atoms with E-state index in [4.69, 9.17) is 0 Å². The molecule has 0 saturated heterocycles. The van der Waals surface area contributed by atoms with E-state index in [9.17, 15) is 4.79 Å². The van der Waals surface area contributed by atoms with Gasteiger partial charge in [-0.25, -0.2) is 9.78 Å². The van der Waals surface area contributed by atoms with Gasteiger partial charge in [-0.1, -0.05) is 13.0 Å². The van der Waals surface area contributed by atoms with Crippen molar-refractivity contribution in [2.24, 2.45) is 0 Å². The number of aryl methyl sites for hydroxylation is 2. The summed E-state index contributed by atoms with van der Waals surface area (Å²) in [6.45, 7) is 4.65. The van der Waals surface area contributed by atoms with Crippen molar-refractivity contribution < 1.29 is 4.79 Å². The molecule has 0 atom stereocenters. The van der Waals surface area contributed by atoms with Crippen molar-refractivity contribution in [1.82, 2.24) is 10.3 Å². The van der Waals surface area contributed by atoms with E-state index in [0.717, 1.165) is 39.0 Å². The first-order valence-electron chi connectivity index (χ1n) is 7.26. The zero-order valence-electron chi connectivity index (χ0n) is 13.1. The molecular formula is C16H21N3OS2. The predicted molar refractivity (Wildman–Crippen MR) is 94.9 cm³/mol. The molecule has 2 N–H and O–H groups in total. The Morgan fingerprint density at radius 2 is 2.23 bits per heavy atom. The molecule has 2 aromatic rings. The highest BCUT2D eigenvalue weighted by atomic mass is 32.2. The van der Waals surface area contributed by atoms with E-state index < -0.39 is 0 Å². The van der Waals surface area contributed by atoms with Crippen LogP contribution in [0.3, 0.4) is 0 Å². The van der Waals surface area contributed by atoms with Crippen molar-refractivity contribution in [1.29, 1.82) is 0 Å². The molecule has 0 aliphatic carbocycles. The molecule has 118 valence electrons. The Labute approximate surface area is 139 Å². The molecule has 0 aliphatic heterocycles. The minimum absolute atomic E-state index is 0.192. The fourth-order valence-electron chi connectivity index (χ4n) is 2.01. The zero-order valence-corrected chi connectivity index (χ0v) is 14.7. The number of urea groups is 1. The Morgan fingerprint density at radius 3 is 2.95 bits per heavy atom. The van der Waals surface area contributed by atoms with Gasteiger partial charge in [-0.2, -0.15) is 0 Å². The van der Waals surface area contributed by atoms with Gasteiger partial charge in [-0.15, -0.1) is 23.1 Å². The third-order valence-electron chi connectivity index (χ3n) is 3.14. The van der Waals surface area contributed by atoms with Crippen molar-refractivity contribution >= 4 is 34.8 Å². The number of benzene rings is 1. The molecule has 6 heteroatoms. The van der Waals surface area contributed by atoms with Gasteiger partial charge in [0.1, 0.15) is 0 Å². The molecule has 22 heavy (non-hydrogen) atoms. The van der Waals surface area contributed by atoms with Crippen LogP contribution < -0.4 is 10.6 Å². The zero-order chi connectivity index (χ0) is 15.9. The van der Waals surface area contributed by atoms with Gasteiger partial charge in [0, 0.05) is 15.5 Å². The van der Waals surface area contributed by atoms with E-state index >= 15 is 0 Å². The standard InChI is InChI=1S/C16H21N3OS2/c1-4-6-15-18-11(2)14(22-15)10-17-16(20)19-12-7-5-8-13(9-12)21-3/h5,7-9H,4,6,10H2,1-3H3,(H2,17,19,20). The number of hydrogen-bond donors (Lipinski definition) is 2. The van der Waals surface area contributed by atoms with Gasteiger partial charge in [0.2, 0.25) is 0 Å². The van der Waals surface area contributed by atoms with E-state index in [2.05, 4.69) is 22.5 Å². The maximum atomic E-state index is 12.0. The number of nitrogens with zero attached hydrogens (tertiary/aromatic N) is 1. The number of rotatable bonds is 6. The minimum Gasteiger partial charge on any atom is -0.333 e. The van der Waals surface area contributed by atoms with Crippen molar-refractivity contribution in [3.63, 3.8) is 0 Å². The average molecular weight is 335 g/mol. The number of hydrogen-bond acceptors (Lipinski definition) is 4. The van der Waals surface area contributed by atoms with Crippen LogP contribution in [0.15, 0.2) is 29.2 Å². The summed E-state index contributed by atoms with van der Waals surface area (Å²) in [5.41, 5.74) is 1.81. The molecule has 0 fully saturated rings. The van der Waals surface area contributed by atoms with Gasteiger partial charge in [-0.05, 0) is 44.2 Å². The molecule has 0 unspecified atom stereocenters. The van der Waals surface area contributed by atoms with Crippen molar-refractivity contribution in [2.75, 3.05) is 11.6 Å². The van der Waals surface area contributed by atoms with Crippen LogP contribution >= 0.6 is 23.1 Å². The summed E-state index contributed by atoms with van der Waals surface area (Å²) >= 11 is 3.33. The molecule has 1 heterocycles. The van der Waals surface area contributed by atoms with Gasteiger partial charge in [0.25, 0.3) is 0 Å². The first-order valence-corrected chi connectivity index (χ1v) is 9.30. The second-order valence-electron chi connectivity index (χ2n) is 4.91. The number of thioether (sulfide) groups is 1. The van der Waals surface area contributed by atoms with Crippen LogP contribution in [-0.4, -0.2) is 17.3 Å². The molecule has 4 nitrogen and oxygen atoms in total. The van der Waals surface area contributed by atoms with Gasteiger partial charge in [-0.3, -0.25) is 0 Å². The van der Waals surface area contributed by atoms with Crippen LogP contribution in [0.1, 0.15) is 28.9 Å². The molecule has 1 aromatic heterocycles. The Balaban J connectivity index is 1.89. The van der Waals surface area contributed by atoms with Crippen molar-refractivity contribution in [3.8, 4) is 0 Å². The van der Waals surface area contributed by atoms with Gasteiger partial charge in [0.15, 0.2) is 0 Å². The predicted octanol–water partition coefficient (Wildman–Crippen LogP) is 4.45. The fraction of sp³-hybridized carbons (Fsp3) is 0.375. The molecule has 0 aliphatic rings. The number of aromatic nitrogens is 1. The van der Waals surface area contributed by atoms with E-state index in [1.165, 1.54) is 0 Å². The number of amides is 2. The second kappa shape index (κ2) is 8.19. The highest BCUT2D eigenvalue weighted by Gasteiger charge is 2.09. The number of anilines is 1. The smallest absolute Gasteiger partial charge is 0.319 e. The Bertz CT molecular complexity index is 640. The monoisotopic (exact) mass is 335 g/mol. The first kappa shape index (κ1) is 16.8. The van der Waals surface area contributed by atoms with Gasteiger partial charge < -0.3 is 10.6 Å². The number of nitrogens with one attached hydrogen (secondary N) is 2. The van der Waals surface area contributed by atoms with E-state index in [0.29, 0.717) is 6.54 Å². The van der Waals surface area contributed by atoms with Crippen LogP contribution in [0.2, 0.25) is 0 Å². The molecule has 2 amide bonds. The average Bonchev–Trinajstić information content (AvgIpc) is 2.85. The summed E-state index contributed by atoms with van der Waals surface area (Å²) < 4.78 is 0. The summed E-state index contributed by atoms with van der Waals surface area (Å²) in [5.74, 6) is 0. The van der Waals surface area contributed by atoms with Crippen LogP contribution in [0.25, 0.3) is 0 Å². The summed E-state index contributed by atoms with van der Waals surface area (Å²) in [4.78, 5) is 18.8. The maximum absolute atomic E-state index is 12.0. The summed E-state index contributed by atoms with van der Waals surface area (Å²) in [6.07, 6.45) is 4.10. The third kappa shape index (κ3) is 4.74. The SMILES string of the molecule is CCCc1nc(C)c(CNC(=O)Nc2cccc(SC)c2)s1. The molecule has 2 rings (SSSR count). The largest absolute Gasteiger partial charge is 0.333 e. The van der Waals surface area contributed by atoms with Crippen molar-refractivity contribution in [2.45, 2.75) is 38.1 Å². The lowest BCUT2D eigenvalue weighted by atomic mass is 10.3. The first-order chi connectivity index (χ1) is 10.6. The number of carbonyl (C=O) groups excluding carboxylic acids is 1. The lowest BCUT2D eigenvalue weighted by Crippen LogP contribution is -2.28. The van der Waals surface area contributed by atoms with Gasteiger partial charge in [0.05, 0.1) is 17.2 Å². The highest BCUT2D eigenvalue weighted by molar-refractivity contribution is 7.98. The number of thiazole rings is 1. The fourth-order valence-corrected chi connectivity index (χ4v) is 3.58. The lowest BCUT2D eigenvalue weighted by molar-refractivity contribution is 0.252. The maximum Gasteiger partial charge on any atom is 0.319 e. The highest BCUT2D eigenvalue weighted by Crippen LogP contribution is 2.20. The quantitative estimate of drug-likeness (QED) is 0.767.